The fourth-order valence-corrected chi connectivity index (χ4v) is 0.865. The Labute approximate surface area is 85.3 Å². The Bertz CT molecular complexity index is 186. The lowest BCUT2D eigenvalue weighted by molar-refractivity contribution is -0.139. The van der Waals surface area contributed by atoms with Crippen LogP contribution in [-0.4, -0.2) is 32.0 Å². The summed E-state index contributed by atoms with van der Waals surface area (Å²) in [5, 5.41) is 2.66. The summed E-state index contributed by atoms with van der Waals surface area (Å²) in [5.41, 5.74) is 0.483. The smallest absolute Gasteiger partial charge is 0.246 e. The van der Waals surface area contributed by atoms with E-state index in [2.05, 4.69) is 11.9 Å². The van der Waals surface area contributed by atoms with E-state index in [0.29, 0.717) is 25.3 Å². The van der Waals surface area contributed by atoms with Crippen LogP contribution in [0.25, 0.3) is 0 Å². The molecule has 82 valence electrons. The minimum absolute atomic E-state index is 0.172. The molecule has 0 unspecified atom stereocenters. The first-order chi connectivity index (χ1) is 6.61. The molecular weight excluding hydrogens is 182 g/mol. The zero-order chi connectivity index (χ0) is 11.0. The van der Waals surface area contributed by atoms with Gasteiger partial charge in [-0.15, -0.1) is 0 Å². The van der Waals surface area contributed by atoms with Gasteiger partial charge in [0.1, 0.15) is 0 Å². The van der Waals surface area contributed by atoms with Crippen LogP contribution in [0, 0.1) is 0 Å². The molecule has 0 aromatic rings. The number of ether oxygens (including phenoxy) is 2. The molecule has 0 bridgehead atoms. The van der Waals surface area contributed by atoms with Crippen molar-refractivity contribution < 1.29 is 14.3 Å². The third-order valence-corrected chi connectivity index (χ3v) is 1.52. The average molecular weight is 201 g/mol. The van der Waals surface area contributed by atoms with Crippen molar-refractivity contribution in [2.75, 3.05) is 19.8 Å². The van der Waals surface area contributed by atoms with E-state index in [0.717, 1.165) is 0 Å². The number of carbonyl (C=O) groups excluding carboxylic acids is 1. The number of rotatable bonds is 7. The first-order valence-corrected chi connectivity index (χ1v) is 4.78. The quantitative estimate of drug-likeness (QED) is 0.495. The lowest BCUT2D eigenvalue weighted by atomic mass is 10.3. The van der Waals surface area contributed by atoms with Crippen LogP contribution in [0.1, 0.15) is 20.8 Å². The van der Waals surface area contributed by atoms with Gasteiger partial charge in [0.15, 0.2) is 6.29 Å². The Morgan fingerprint density at radius 3 is 2.21 bits per heavy atom. The van der Waals surface area contributed by atoms with E-state index in [1.807, 2.05) is 13.8 Å². The van der Waals surface area contributed by atoms with Crippen molar-refractivity contribution >= 4 is 5.91 Å². The molecule has 1 amide bonds. The maximum absolute atomic E-state index is 11.1. The van der Waals surface area contributed by atoms with Crippen LogP contribution in [0.4, 0.5) is 0 Å². The van der Waals surface area contributed by atoms with Crippen molar-refractivity contribution in [2.45, 2.75) is 27.1 Å². The molecule has 0 atom stereocenters. The zero-order valence-electron chi connectivity index (χ0n) is 9.13. The summed E-state index contributed by atoms with van der Waals surface area (Å²) in [7, 11) is 0. The van der Waals surface area contributed by atoms with Gasteiger partial charge in [0.2, 0.25) is 5.91 Å². The van der Waals surface area contributed by atoms with Gasteiger partial charge >= 0.3 is 0 Å². The maximum Gasteiger partial charge on any atom is 0.246 e. The number of amides is 1. The normalized spacial score (nSPS) is 10.3. The van der Waals surface area contributed by atoms with E-state index in [1.54, 1.807) is 6.92 Å². The molecule has 0 aliphatic rings. The molecule has 0 rings (SSSR count). The summed E-state index contributed by atoms with van der Waals surface area (Å²) >= 11 is 0. The lowest BCUT2D eigenvalue weighted by Gasteiger charge is -2.17. The Morgan fingerprint density at radius 1 is 1.36 bits per heavy atom. The molecule has 0 aromatic heterocycles. The third-order valence-electron chi connectivity index (χ3n) is 1.52. The second-order valence-electron chi connectivity index (χ2n) is 2.83. The van der Waals surface area contributed by atoms with Crippen LogP contribution >= 0.6 is 0 Å². The summed E-state index contributed by atoms with van der Waals surface area (Å²) in [6.45, 7) is 10.4. The van der Waals surface area contributed by atoms with Gasteiger partial charge in [0, 0.05) is 18.8 Å². The molecular formula is C10H19NO3. The van der Waals surface area contributed by atoms with Gasteiger partial charge in [-0.3, -0.25) is 4.79 Å². The monoisotopic (exact) mass is 201 g/mol. The van der Waals surface area contributed by atoms with Crippen molar-refractivity contribution in [1.29, 1.82) is 0 Å². The molecule has 0 heterocycles. The van der Waals surface area contributed by atoms with Gasteiger partial charge in [-0.25, -0.2) is 0 Å². The SMILES string of the molecule is C=C(C)C(=O)NCC(OCC)OCC. The molecule has 0 spiro atoms. The highest BCUT2D eigenvalue weighted by atomic mass is 16.7. The maximum atomic E-state index is 11.1. The number of carbonyl (C=O) groups is 1. The molecule has 1 N–H and O–H groups in total. The van der Waals surface area contributed by atoms with Gasteiger partial charge in [-0.1, -0.05) is 6.58 Å². The van der Waals surface area contributed by atoms with Crippen LogP contribution in [0.5, 0.6) is 0 Å². The van der Waals surface area contributed by atoms with E-state index < -0.39 is 0 Å². The first kappa shape index (κ1) is 13.1. The Balaban J connectivity index is 3.80. The minimum atomic E-state index is -0.367. The summed E-state index contributed by atoms with van der Waals surface area (Å²) in [6.07, 6.45) is -0.367. The second kappa shape index (κ2) is 7.53. The highest BCUT2D eigenvalue weighted by Gasteiger charge is 2.09. The van der Waals surface area contributed by atoms with Crippen molar-refractivity contribution in [3.8, 4) is 0 Å². The van der Waals surface area contributed by atoms with Gasteiger partial charge in [0.05, 0.1) is 6.54 Å². The van der Waals surface area contributed by atoms with Crippen molar-refractivity contribution in [1.82, 2.24) is 5.32 Å². The standard InChI is InChI=1S/C10H19NO3/c1-5-13-9(14-6-2)7-11-10(12)8(3)4/h9H,3,5-7H2,1-2,4H3,(H,11,12). The largest absolute Gasteiger partial charge is 0.351 e. The lowest BCUT2D eigenvalue weighted by Crippen LogP contribution is -2.35. The van der Waals surface area contributed by atoms with Crippen LogP contribution in [0.15, 0.2) is 12.2 Å². The molecule has 0 aliphatic carbocycles. The molecule has 0 fully saturated rings. The van der Waals surface area contributed by atoms with Gasteiger partial charge in [-0.2, -0.15) is 0 Å². The van der Waals surface area contributed by atoms with Gasteiger partial charge < -0.3 is 14.8 Å². The van der Waals surface area contributed by atoms with Crippen molar-refractivity contribution in [2.24, 2.45) is 0 Å². The highest BCUT2D eigenvalue weighted by molar-refractivity contribution is 5.92. The molecule has 0 saturated carbocycles. The molecule has 0 aliphatic heterocycles. The number of hydrogen-bond donors (Lipinski definition) is 1. The van der Waals surface area contributed by atoms with Gasteiger partial charge in [0.25, 0.3) is 0 Å². The Morgan fingerprint density at radius 2 is 1.86 bits per heavy atom. The van der Waals surface area contributed by atoms with Crippen LogP contribution in [0.2, 0.25) is 0 Å². The summed E-state index contributed by atoms with van der Waals surface area (Å²) in [6, 6.07) is 0. The third kappa shape index (κ3) is 5.72. The van der Waals surface area contributed by atoms with Crippen LogP contribution < -0.4 is 5.32 Å². The molecule has 14 heavy (non-hydrogen) atoms. The van der Waals surface area contributed by atoms with Crippen LogP contribution in [-0.2, 0) is 14.3 Å². The Hall–Kier alpha value is -0.870. The first-order valence-electron chi connectivity index (χ1n) is 4.78. The second-order valence-corrected chi connectivity index (χ2v) is 2.83. The molecule has 4 heteroatoms. The fraction of sp³-hybridized carbons (Fsp3) is 0.700. The van der Waals surface area contributed by atoms with E-state index >= 15 is 0 Å². The Kier molecular flexibility index (Phi) is 7.06. The summed E-state index contributed by atoms with van der Waals surface area (Å²) in [5.74, 6) is -0.172. The van der Waals surface area contributed by atoms with E-state index in [4.69, 9.17) is 9.47 Å². The molecule has 0 radical (unpaired) electrons. The summed E-state index contributed by atoms with van der Waals surface area (Å²) < 4.78 is 10.5. The van der Waals surface area contributed by atoms with Crippen LogP contribution in [0.3, 0.4) is 0 Å². The zero-order valence-corrected chi connectivity index (χ0v) is 9.13. The van der Waals surface area contributed by atoms with Crippen molar-refractivity contribution in [3.05, 3.63) is 12.2 Å². The summed E-state index contributed by atoms with van der Waals surface area (Å²) in [4.78, 5) is 11.1. The topological polar surface area (TPSA) is 47.6 Å². The van der Waals surface area contributed by atoms with E-state index in [-0.39, 0.29) is 12.2 Å². The molecule has 0 aromatic carbocycles. The molecule has 0 saturated heterocycles. The average Bonchev–Trinajstić information content (AvgIpc) is 2.14. The molecule has 4 nitrogen and oxygen atoms in total. The predicted octanol–water partition coefficient (Wildman–Crippen LogP) is 1.08. The fourth-order valence-electron chi connectivity index (χ4n) is 0.865. The highest BCUT2D eigenvalue weighted by Crippen LogP contribution is 1.94. The van der Waals surface area contributed by atoms with Gasteiger partial charge in [-0.05, 0) is 20.8 Å². The van der Waals surface area contributed by atoms with E-state index in [1.165, 1.54) is 0 Å². The van der Waals surface area contributed by atoms with E-state index in [9.17, 15) is 4.79 Å². The van der Waals surface area contributed by atoms with Crippen molar-refractivity contribution in [3.63, 3.8) is 0 Å². The predicted molar refractivity (Wildman–Crippen MR) is 54.9 cm³/mol. The minimum Gasteiger partial charge on any atom is -0.351 e. The number of hydrogen-bond acceptors (Lipinski definition) is 3. The number of nitrogens with one attached hydrogen (secondary N) is 1.